The molecule has 2 aromatic rings. The molecule has 1 atom stereocenters. The topological polar surface area (TPSA) is 164 Å². The molecule has 0 fully saturated rings. The van der Waals surface area contributed by atoms with E-state index in [2.05, 4.69) is 10.2 Å². The van der Waals surface area contributed by atoms with E-state index in [0.29, 0.717) is 30.9 Å². The number of aliphatic carboxylic acids is 1. The summed E-state index contributed by atoms with van der Waals surface area (Å²) in [5.74, 6) is -0.969. The lowest BCUT2D eigenvalue weighted by Crippen LogP contribution is -2.42. The van der Waals surface area contributed by atoms with Gasteiger partial charge in [0.05, 0.1) is 18.1 Å². The highest BCUT2D eigenvalue weighted by molar-refractivity contribution is 7.89. The zero-order valence-electron chi connectivity index (χ0n) is 17.0. The van der Waals surface area contributed by atoms with E-state index in [0.717, 1.165) is 5.56 Å². The molecule has 2 aromatic carbocycles. The lowest BCUT2D eigenvalue weighted by Gasteiger charge is -2.15. The second kappa shape index (κ2) is 11.3. The van der Waals surface area contributed by atoms with Crippen molar-refractivity contribution in [1.29, 1.82) is 5.41 Å². The van der Waals surface area contributed by atoms with Crippen molar-refractivity contribution in [3.63, 3.8) is 0 Å². The van der Waals surface area contributed by atoms with Crippen LogP contribution in [0.2, 0.25) is 0 Å². The molecule has 0 aliphatic rings. The summed E-state index contributed by atoms with van der Waals surface area (Å²) in [5.41, 5.74) is 8.69. The molecule has 168 valence electrons. The fraction of sp³-hybridized carbons (Fsp3) is 0.300. The Bertz CT molecular complexity index is 995. The third-order valence-corrected chi connectivity index (χ3v) is 5.57. The maximum atomic E-state index is 12.5. The number of nitrogens with two attached hydrogens (primary N) is 1. The summed E-state index contributed by atoms with van der Waals surface area (Å²) >= 11 is 0. The van der Waals surface area contributed by atoms with Crippen molar-refractivity contribution in [2.45, 2.75) is 30.7 Å². The molecule has 31 heavy (non-hydrogen) atoms. The highest BCUT2D eigenvalue weighted by atomic mass is 32.2. The van der Waals surface area contributed by atoms with E-state index in [-0.39, 0.29) is 17.3 Å². The SMILES string of the molecule is Cc1cccc(S(=O)(=O)N[C@@H](Cc2ccc(OCCCONC(=N)N)cc2)C(=O)O)c1. The van der Waals surface area contributed by atoms with Crippen molar-refractivity contribution in [3.05, 3.63) is 59.7 Å². The Morgan fingerprint density at radius 3 is 2.52 bits per heavy atom. The van der Waals surface area contributed by atoms with Crippen LogP contribution in [0.1, 0.15) is 17.5 Å². The summed E-state index contributed by atoms with van der Waals surface area (Å²) in [6.07, 6.45) is 0.537. The van der Waals surface area contributed by atoms with Crippen molar-refractivity contribution < 1.29 is 27.9 Å². The second-order valence-electron chi connectivity index (χ2n) is 6.74. The molecule has 0 bridgehead atoms. The Balaban J connectivity index is 1.91. The molecule has 0 radical (unpaired) electrons. The van der Waals surface area contributed by atoms with Crippen LogP contribution in [0.15, 0.2) is 53.4 Å². The number of nitrogens with one attached hydrogen (secondary N) is 3. The zero-order chi connectivity index (χ0) is 22.9. The maximum absolute atomic E-state index is 12.5. The van der Waals surface area contributed by atoms with Gasteiger partial charge < -0.3 is 15.6 Å². The van der Waals surface area contributed by atoms with Gasteiger partial charge in [0.15, 0.2) is 0 Å². The van der Waals surface area contributed by atoms with Gasteiger partial charge in [0.1, 0.15) is 11.8 Å². The number of guanidine groups is 1. The number of carbonyl (C=O) groups is 1. The molecule has 0 saturated carbocycles. The van der Waals surface area contributed by atoms with Crippen LogP contribution in [0.5, 0.6) is 5.75 Å². The predicted octanol–water partition coefficient (Wildman–Crippen LogP) is 1.15. The fourth-order valence-electron chi connectivity index (χ4n) is 2.62. The molecule has 0 aliphatic carbocycles. The number of hydroxylamine groups is 1. The van der Waals surface area contributed by atoms with Gasteiger partial charge in [0.2, 0.25) is 16.0 Å². The smallest absolute Gasteiger partial charge is 0.322 e. The molecular weight excluding hydrogens is 424 g/mol. The Labute approximate surface area is 180 Å². The Morgan fingerprint density at radius 1 is 1.19 bits per heavy atom. The minimum absolute atomic E-state index is 0.0185. The van der Waals surface area contributed by atoms with Gasteiger partial charge >= 0.3 is 5.97 Å². The van der Waals surface area contributed by atoms with Crippen LogP contribution in [0.25, 0.3) is 0 Å². The van der Waals surface area contributed by atoms with Crippen LogP contribution in [0.3, 0.4) is 0 Å². The van der Waals surface area contributed by atoms with E-state index in [1.165, 1.54) is 12.1 Å². The Morgan fingerprint density at radius 2 is 1.90 bits per heavy atom. The normalized spacial score (nSPS) is 12.2. The van der Waals surface area contributed by atoms with Crippen LogP contribution in [-0.2, 0) is 26.1 Å². The zero-order valence-corrected chi connectivity index (χ0v) is 17.8. The molecule has 0 aliphatic heterocycles. The quantitative estimate of drug-likeness (QED) is 0.139. The summed E-state index contributed by atoms with van der Waals surface area (Å²) in [6.45, 7) is 2.43. The van der Waals surface area contributed by atoms with Crippen LogP contribution in [0.4, 0.5) is 0 Å². The highest BCUT2D eigenvalue weighted by Gasteiger charge is 2.25. The number of aryl methyl sites for hydroxylation is 1. The number of hydrogen-bond donors (Lipinski definition) is 5. The first kappa shape index (κ1) is 24.1. The first-order chi connectivity index (χ1) is 14.7. The molecule has 11 heteroatoms. The molecule has 0 amide bonds. The van der Waals surface area contributed by atoms with Crippen LogP contribution in [-0.4, -0.2) is 44.7 Å². The van der Waals surface area contributed by atoms with Crippen LogP contribution >= 0.6 is 0 Å². The first-order valence-corrected chi connectivity index (χ1v) is 10.9. The fourth-order valence-corrected chi connectivity index (χ4v) is 3.92. The second-order valence-corrected chi connectivity index (χ2v) is 8.46. The van der Waals surface area contributed by atoms with Crippen molar-refractivity contribution in [2.75, 3.05) is 13.2 Å². The molecule has 0 saturated heterocycles. The number of carboxylic acid groups (broad SMARTS) is 1. The molecular formula is C20H26N4O6S. The molecule has 0 unspecified atom stereocenters. The average molecular weight is 451 g/mol. The van der Waals surface area contributed by atoms with Crippen molar-refractivity contribution >= 4 is 22.0 Å². The summed E-state index contributed by atoms with van der Waals surface area (Å²) in [5, 5.41) is 16.4. The number of ether oxygens (including phenoxy) is 1. The van der Waals surface area contributed by atoms with Crippen LogP contribution in [0, 0.1) is 12.3 Å². The van der Waals surface area contributed by atoms with Gasteiger partial charge in [-0.2, -0.15) is 4.72 Å². The third-order valence-electron chi connectivity index (χ3n) is 4.10. The molecule has 10 nitrogen and oxygen atoms in total. The Hall–Kier alpha value is -3.15. The lowest BCUT2D eigenvalue weighted by molar-refractivity contribution is -0.138. The van der Waals surface area contributed by atoms with Crippen molar-refractivity contribution in [3.8, 4) is 5.75 Å². The summed E-state index contributed by atoms with van der Waals surface area (Å²) in [6, 6.07) is 11.7. The van der Waals surface area contributed by atoms with E-state index in [1.807, 2.05) is 0 Å². The monoisotopic (exact) mass is 450 g/mol. The molecule has 6 N–H and O–H groups in total. The van der Waals surface area contributed by atoms with Crippen molar-refractivity contribution in [2.24, 2.45) is 5.73 Å². The minimum atomic E-state index is -3.97. The third kappa shape index (κ3) is 8.24. The van der Waals surface area contributed by atoms with Gasteiger partial charge in [0.25, 0.3) is 0 Å². The van der Waals surface area contributed by atoms with Crippen molar-refractivity contribution in [1.82, 2.24) is 10.2 Å². The number of hydrogen-bond acceptors (Lipinski definition) is 6. The van der Waals surface area contributed by atoms with Gasteiger partial charge in [-0.05, 0) is 48.7 Å². The maximum Gasteiger partial charge on any atom is 0.322 e. The number of sulfonamides is 1. The van der Waals surface area contributed by atoms with E-state index in [1.54, 1.807) is 43.3 Å². The van der Waals surface area contributed by atoms with E-state index in [9.17, 15) is 18.3 Å². The van der Waals surface area contributed by atoms with Gasteiger partial charge in [0, 0.05) is 6.42 Å². The van der Waals surface area contributed by atoms with E-state index < -0.39 is 22.0 Å². The summed E-state index contributed by atoms with van der Waals surface area (Å²) in [7, 11) is -3.97. The lowest BCUT2D eigenvalue weighted by atomic mass is 10.1. The summed E-state index contributed by atoms with van der Waals surface area (Å²) < 4.78 is 32.9. The molecule has 0 aromatic heterocycles. The largest absolute Gasteiger partial charge is 0.494 e. The van der Waals surface area contributed by atoms with Crippen LogP contribution < -0.4 is 20.7 Å². The number of benzene rings is 2. The van der Waals surface area contributed by atoms with E-state index >= 15 is 0 Å². The molecule has 0 spiro atoms. The summed E-state index contributed by atoms with van der Waals surface area (Å²) in [4.78, 5) is 16.6. The highest BCUT2D eigenvalue weighted by Crippen LogP contribution is 2.16. The number of carboxylic acids is 1. The first-order valence-electron chi connectivity index (χ1n) is 9.43. The minimum Gasteiger partial charge on any atom is -0.494 e. The van der Waals surface area contributed by atoms with Gasteiger partial charge in [-0.25, -0.2) is 13.9 Å². The predicted molar refractivity (Wildman–Crippen MR) is 114 cm³/mol. The number of rotatable bonds is 12. The molecule has 0 heterocycles. The van der Waals surface area contributed by atoms with Gasteiger partial charge in [-0.15, -0.1) is 0 Å². The molecule has 2 rings (SSSR count). The van der Waals surface area contributed by atoms with Gasteiger partial charge in [-0.3, -0.25) is 15.0 Å². The Kier molecular flexibility index (Phi) is 8.79. The average Bonchev–Trinajstić information content (AvgIpc) is 2.71. The standard InChI is InChI=1S/C20H26N4O6S/c1-14-4-2-5-17(12-14)31(27,28)24-18(19(25)26)13-15-6-8-16(9-7-15)29-10-3-11-30-23-20(21)22/h2,4-9,12,18,24H,3,10-11,13H2,1H3,(H,25,26)(H4,21,22,23)/t18-/m0/s1. The van der Waals surface area contributed by atoms with E-state index in [4.69, 9.17) is 20.7 Å². The van der Waals surface area contributed by atoms with Gasteiger partial charge in [-0.1, -0.05) is 24.3 Å².